The lowest BCUT2D eigenvalue weighted by Gasteiger charge is -2.22. The standard InChI is InChI=1S/C26H36N4O2/c1-5-23(6-2)30-25-17-13-8-7-9-14-20-29(26(32)19-18-22(4)31)21(3)15-11-10-12-16-24(25)27-28-30/h7-13,15,23H,3,5-6,14,16-20H2,1-2,4H3/b9-7-,12-10-,13-8-,15-11-. The van der Waals surface area contributed by atoms with Crippen LogP contribution >= 0.6 is 0 Å². The van der Waals surface area contributed by atoms with E-state index >= 15 is 0 Å². The van der Waals surface area contributed by atoms with Crippen molar-refractivity contribution in [2.45, 2.75) is 71.8 Å². The van der Waals surface area contributed by atoms with E-state index in [-0.39, 0.29) is 24.5 Å². The molecule has 1 aromatic heterocycles. The third kappa shape index (κ3) is 7.59. The summed E-state index contributed by atoms with van der Waals surface area (Å²) in [7, 11) is 0. The minimum absolute atomic E-state index is 0.0161. The summed E-state index contributed by atoms with van der Waals surface area (Å²) < 4.78 is 2.09. The number of hydrogen-bond donors (Lipinski definition) is 0. The highest BCUT2D eigenvalue weighted by Crippen LogP contribution is 2.20. The van der Waals surface area contributed by atoms with E-state index < -0.39 is 0 Å². The molecule has 0 aliphatic carbocycles. The number of carbonyl (C=O) groups excluding carboxylic acids is 2. The molecule has 2 rings (SSSR count). The van der Waals surface area contributed by atoms with Crippen LogP contribution in [0.4, 0.5) is 0 Å². The van der Waals surface area contributed by atoms with Crippen LogP contribution in [0.25, 0.3) is 0 Å². The predicted molar refractivity (Wildman–Crippen MR) is 129 cm³/mol. The van der Waals surface area contributed by atoms with Crippen molar-refractivity contribution >= 4 is 11.7 Å². The van der Waals surface area contributed by atoms with E-state index in [1.165, 1.54) is 6.92 Å². The van der Waals surface area contributed by atoms with Crippen LogP contribution in [0, 0.1) is 0 Å². The fraction of sp³-hybridized carbons (Fsp3) is 0.462. The van der Waals surface area contributed by atoms with Crippen LogP contribution in [-0.2, 0) is 22.4 Å². The molecule has 0 unspecified atom stereocenters. The number of rotatable bonds is 6. The first-order chi connectivity index (χ1) is 15.5. The Morgan fingerprint density at radius 1 is 1.03 bits per heavy atom. The lowest BCUT2D eigenvalue weighted by atomic mass is 10.1. The van der Waals surface area contributed by atoms with Crippen molar-refractivity contribution in [2.75, 3.05) is 6.54 Å². The molecule has 1 amide bonds. The molecule has 0 bridgehead atoms. The highest BCUT2D eigenvalue weighted by atomic mass is 16.2. The number of nitrogens with zero attached hydrogens (tertiary/aromatic N) is 4. The number of fused-ring (bicyclic) bond motifs is 1. The van der Waals surface area contributed by atoms with Crippen LogP contribution in [0.5, 0.6) is 0 Å². The molecule has 1 aromatic rings. The second-order valence-electron chi connectivity index (χ2n) is 7.98. The number of allylic oxidation sites excluding steroid dienone is 7. The molecule has 1 aliphatic rings. The lowest BCUT2D eigenvalue weighted by Crippen LogP contribution is -2.30. The van der Waals surface area contributed by atoms with E-state index in [1.807, 2.05) is 42.5 Å². The first kappa shape index (κ1) is 25.2. The van der Waals surface area contributed by atoms with Crippen molar-refractivity contribution in [1.82, 2.24) is 19.9 Å². The van der Waals surface area contributed by atoms with Crippen LogP contribution in [0.1, 0.15) is 70.3 Å². The Hall–Kier alpha value is -3.02. The summed E-state index contributed by atoms with van der Waals surface area (Å²) in [4.78, 5) is 25.5. The van der Waals surface area contributed by atoms with Gasteiger partial charge in [-0.25, -0.2) is 4.68 Å². The summed E-state index contributed by atoms with van der Waals surface area (Å²) >= 11 is 0. The van der Waals surface area contributed by atoms with Gasteiger partial charge in [0.2, 0.25) is 5.91 Å². The van der Waals surface area contributed by atoms with E-state index in [0.29, 0.717) is 31.1 Å². The van der Waals surface area contributed by atoms with Crippen molar-refractivity contribution in [3.63, 3.8) is 0 Å². The quantitative estimate of drug-likeness (QED) is 0.625. The zero-order valence-corrected chi connectivity index (χ0v) is 19.7. The Morgan fingerprint density at radius 2 is 1.72 bits per heavy atom. The van der Waals surface area contributed by atoms with Crippen molar-refractivity contribution in [1.29, 1.82) is 0 Å². The second kappa shape index (κ2) is 13.4. The average molecular weight is 437 g/mol. The van der Waals surface area contributed by atoms with Gasteiger partial charge in [-0.1, -0.05) is 68.2 Å². The van der Waals surface area contributed by atoms with Gasteiger partial charge in [-0.2, -0.15) is 0 Å². The second-order valence-corrected chi connectivity index (χ2v) is 7.98. The van der Waals surface area contributed by atoms with E-state index in [0.717, 1.165) is 30.7 Å². The SMILES string of the molecule is C=C1/C=C\C=C/Cc2nnn(C(CC)CC)c2C/C=C\C=C/CCN1C(=O)CCC(C)=O. The Bertz CT molecular complexity index is 901. The smallest absolute Gasteiger partial charge is 0.227 e. The topological polar surface area (TPSA) is 68.1 Å². The Labute approximate surface area is 192 Å². The van der Waals surface area contributed by atoms with Crippen molar-refractivity contribution < 1.29 is 9.59 Å². The highest BCUT2D eigenvalue weighted by molar-refractivity contribution is 5.84. The van der Waals surface area contributed by atoms with Gasteiger partial charge in [0.05, 0.1) is 17.4 Å². The summed E-state index contributed by atoms with van der Waals surface area (Å²) in [6, 6.07) is 0.361. The molecule has 0 atom stereocenters. The van der Waals surface area contributed by atoms with Crippen molar-refractivity contribution in [3.05, 3.63) is 72.3 Å². The van der Waals surface area contributed by atoms with Gasteiger partial charge in [-0.05, 0) is 32.3 Å². The summed E-state index contributed by atoms with van der Waals surface area (Å²) in [6.07, 6.45) is 20.6. The number of amides is 1. The Morgan fingerprint density at radius 3 is 2.44 bits per heavy atom. The van der Waals surface area contributed by atoms with Crippen LogP contribution in [0.15, 0.2) is 60.9 Å². The van der Waals surface area contributed by atoms with Gasteiger partial charge in [-0.15, -0.1) is 5.10 Å². The van der Waals surface area contributed by atoms with E-state index in [9.17, 15) is 9.59 Å². The van der Waals surface area contributed by atoms with Gasteiger partial charge in [0, 0.05) is 37.9 Å². The van der Waals surface area contributed by atoms with E-state index in [1.54, 1.807) is 4.90 Å². The van der Waals surface area contributed by atoms with Crippen LogP contribution in [0.2, 0.25) is 0 Å². The molecule has 0 aromatic carbocycles. The molecule has 0 saturated carbocycles. The molecule has 0 saturated heterocycles. The third-order valence-electron chi connectivity index (χ3n) is 5.56. The summed E-state index contributed by atoms with van der Waals surface area (Å²) in [6.45, 7) is 10.5. The number of carbonyl (C=O) groups is 2. The number of Topliss-reactive ketones (excluding diaryl/α,β-unsaturated/α-hetero) is 1. The third-order valence-corrected chi connectivity index (χ3v) is 5.56. The fourth-order valence-electron chi connectivity index (χ4n) is 3.64. The molecule has 6 nitrogen and oxygen atoms in total. The highest BCUT2D eigenvalue weighted by Gasteiger charge is 2.17. The molecule has 32 heavy (non-hydrogen) atoms. The van der Waals surface area contributed by atoms with Gasteiger partial charge in [0.1, 0.15) is 5.78 Å². The number of aromatic nitrogens is 3. The predicted octanol–water partition coefficient (Wildman–Crippen LogP) is 5.06. The minimum atomic E-state index is -0.0773. The number of hydrogen-bond acceptors (Lipinski definition) is 4. The maximum atomic E-state index is 12.6. The largest absolute Gasteiger partial charge is 0.313 e. The van der Waals surface area contributed by atoms with Crippen LogP contribution in [-0.4, -0.2) is 38.1 Å². The number of ketones is 1. The van der Waals surface area contributed by atoms with Gasteiger partial charge >= 0.3 is 0 Å². The van der Waals surface area contributed by atoms with Gasteiger partial charge in [0.15, 0.2) is 0 Å². The Kier molecular flexibility index (Phi) is 10.6. The molecule has 0 N–H and O–H groups in total. The fourth-order valence-corrected chi connectivity index (χ4v) is 3.64. The normalized spacial score (nSPS) is 19.4. The molecule has 0 radical (unpaired) electrons. The van der Waals surface area contributed by atoms with Gasteiger partial charge in [0.25, 0.3) is 0 Å². The van der Waals surface area contributed by atoms with Gasteiger partial charge in [-0.3, -0.25) is 4.79 Å². The molecule has 2 heterocycles. The van der Waals surface area contributed by atoms with E-state index in [4.69, 9.17) is 0 Å². The zero-order chi connectivity index (χ0) is 23.3. The summed E-state index contributed by atoms with van der Waals surface area (Å²) in [5.41, 5.74) is 2.78. The molecule has 0 fully saturated rings. The van der Waals surface area contributed by atoms with Crippen LogP contribution in [0.3, 0.4) is 0 Å². The summed E-state index contributed by atoms with van der Waals surface area (Å²) in [5, 5.41) is 8.90. The first-order valence-electron chi connectivity index (χ1n) is 11.5. The molecule has 0 spiro atoms. The Balaban J connectivity index is 2.22. The molecule has 172 valence electrons. The average Bonchev–Trinajstić information content (AvgIpc) is 3.16. The van der Waals surface area contributed by atoms with Crippen LogP contribution < -0.4 is 0 Å². The molecule has 6 heteroatoms. The molecule has 1 aliphatic heterocycles. The monoisotopic (exact) mass is 436 g/mol. The zero-order valence-electron chi connectivity index (χ0n) is 19.7. The minimum Gasteiger partial charge on any atom is -0.313 e. The lowest BCUT2D eigenvalue weighted by molar-refractivity contribution is -0.131. The molecular weight excluding hydrogens is 400 g/mol. The molecular formula is C26H36N4O2. The van der Waals surface area contributed by atoms with Gasteiger partial charge < -0.3 is 9.69 Å². The maximum Gasteiger partial charge on any atom is 0.227 e. The first-order valence-corrected chi connectivity index (χ1v) is 11.5. The van der Waals surface area contributed by atoms with Crippen molar-refractivity contribution in [3.8, 4) is 0 Å². The van der Waals surface area contributed by atoms with Crippen molar-refractivity contribution in [2.24, 2.45) is 0 Å². The maximum absolute atomic E-state index is 12.6. The van der Waals surface area contributed by atoms with E-state index in [2.05, 4.69) is 41.5 Å². The summed E-state index contributed by atoms with van der Waals surface area (Å²) in [5.74, 6) is -0.0612.